The van der Waals surface area contributed by atoms with Crippen molar-refractivity contribution in [3.8, 4) is 11.1 Å². The Kier molecular flexibility index (Phi) is 4.11. The number of hydrogen-bond acceptors (Lipinski definition) is 3. The molecule has 0 saturated heterocycles. The topological polar surface area (TPSA) is 46.5 Å². The minimum absolute atomic E-state index is 0.838. The van der Waals surface area contributed by atoms with Crippen LogP contribution in [0.2, 0.25) is 0 Å². The summed E-state index contributed by atoms with van der Waals surface area (Å²) >= 11 is 0. The fourth-order valence-corrected chi connectivity index (χ4v) is 2.12. The molecule has 3 rings (SSSR count). The molecule has 0 aliphatic heterocycles. The molecule has 0 fully saturated rings. The summed E-state index contributed by atoms with van der Waals surface area (Å²) in [6.45, 7) is 3.00. The SMILES string of the molecule is C=CC(=O)OO.c1ccc2c(c1)Cc1ccccc1-2. The lowest BCUT2D eigenvalue weighted by Gasteiger charge is -1.98. The van der Waals surface area contributed by atoms with Gasteiger partial charge in [0.05, 0.1) is 0 Å². The van der Waals surface area contributed by atoms with Gasteiger partial charge in [-0.2, -0.15) is 5.26 Å². The van der Waals surface area contributed by atoms with E-state index >= 15 is 0 Å². The van der Waals surface area contributed by atoms with Gasteiger partial charge in [0.25, 0.3) is 0 Å². The largest absolute Gasteiger partial charge is 0.365 e. The van der Waals surface area contributed by atoms with Crippen LogP contribution in [-0.2, 0) is 16.1 Å². The van der Waals surface area contributed by atoms with Gasteiger partial charge in [-0.15, -0.1) is 0 Å². The van der Waals surface area contributed by atoms with Crippen LogP contribution >= 0.6 is 0 Å². The molecule has 1 aliphatic rings. The highest BCUT2D eigenvalue weighted by atomic mass is 17.1. The molecule has 3 heteroatoms. The van der Waals surface area contributed by atoms with Crippen molar-refractivity contribution >= 4 is 5.97 Å². The molecule has 1 aliphatic carbocycles. The van der Waals surface area contributed by atoms with Crippen LogP contribution in [-0.4, -0.2) is 11.2 Å². The Bertz CT molecular complexity index is 559. The lowest BCUT2D eigenvalue weighted by Crippen LogP contribution is -1.92. The Morgan fingerprint density at radius 1 is 1.05 bits per heavy atom. The van der Waals surface area contributed by atoms with Crippen molar-refractivity contribution in [2.24, 2.45) is 0 Å². The maximum Gasteiger partial charge on any atom is 0.365 e. The van der Waals surface area contributed by atoms with Gasteiger partial charge in [-0.3, -0.25) is 4.89 Å². The molecule has 19 heavy (non-hydrogen) atoms. The second kappa shape index (κ2) is 5.98. The average molecular weight is 254 g/mol. The second-order valence-electron chi connectivity index (χ2n) is 4.11. The Morgan fingerprint density at radius 2 is 1.53 bits per heavy atom. The summed E-state index contributed by atoms with van der Waals surface area (Å²) in [4.78, 5) is 12.7. The molecule has 0 saturated carbocycles. The standard InChI is InChI=1S/C13H10.C3H4O3/c1-3-7-12-10(5-1)9-11-6-2-4-8-13(11)12;1-2-3(4)6-5/h1-8H,9H2;2,5H,1H2. The molecule has 2 aromatic carbocycles. The lowest BCUT2D eigenvalue weighted by molar-refractivity contribution is -0.228. The predicted molar refractivity (Wildman–Crippen MR) is 73.6 cm³/mol. The quantitative estimate of drug-likeness (QED) is 0.411. The van der Waals surface area contributed by atoms with E-state index in [9.17, 15) is 4.79 Å². The summed E-state index contributed by atoms with van der Waals surface area (Å²) in [5.74, 6) is -0.838. The Balaban J connectivity index is 0.000000192. The van der Waals surface area contributed by atoms with Crippen molar-refractivity contribution in [3.05, 3.63) is 72.3 Å². The molecule has 96 valence electrons. The normalized spacial score (nSPS) is 10.6. The lowest BCUT2D eigenvalue weighted by atomic mass is 10.1. The summed E-state index contributed by atoms with van der Waals surface area (Å²) in [5.41, 5.74) is 5.75. The number of carbonyl (C=O) groups excluding carboxylic acids is 1. The molecular weight excluding hydrogens is 240 g/mol. The van der Waals surface area contributed by atoms with E-state index in [2.05, 4.69) is 60.0 Å². The van der Waals surface area contributed by atoms with Crippen LogP contribution in [0, 0.1) is 0 Å². The first kappa shape index (κ1) is 13.1. The van der Waals surface area contributed by atoms with Crippen molar-refractivity contribution in [3.63, 3.8) is 0 Å². The predicted octanol–water partition coefficient (Wildman–Crippen LogP) is 3.45. The summed E-state index contributed by atoms with van der Waals surface area (Å²) in [5, 5.41) is 7.41. The van der Waals surface area contributed by atoms with E-state index in [1.807, 2.05) is 0 Å². The summed E-state index contributed by atoms with van der Waals surface area (Å²) < 4.78 is 0. The van der Waals surface area contributed by atoms with Crippen molar-refractivity contribution in [1.29, 1.82) is 0 Å². The van der Waals surface area contributed by atoms with Gasteiger partial charge in [0.1, 0.15) is 0 Å². The summed E-state index contributed by atoms with van der Waals surface area (Å²) in [6.07, 6.45) is 1.96. The number of carbonyl (C=O) groups is 1. The molecule has 0 spiro atoms. The number of hydrogen-bond donors (Lipinski definition) is 1. The van der Waals surface area contributed by atoms with Gasteiger partial charge in [-0.05, 0) is 28.7 Å². The van der Waals surface area contributed by atoms with E-state index in [4.69, 9.17) is 5.26 Å². The maximum absolute atomic E-state index is 9.59. The molecule has 0 heterocycles. The molecule has 0 atom stereocenters. The minimum Gasteiger partial charge on any atom is -0.296 e. The monoisotopic (exact) mass is 254 g/mol. The number of fused-ring (bicyclic) bond motifs is 3. The third kappa shape index (κ3) is 2.89. The first-order valence-electron chi connectivity index (χ1n) is 5.90. The molecule has 0 bridgehead atoms. The first-order chi connectivity index (χ1) is 9.26. The highest BCUT2D eigenvalue weighted by Crippen LogP contribution is 2.35. The minimum atomic E-state index is -0.838. The van der Waals surface area contributed by atoms with Gasteiger partial charge in [0.15, 0.2) is 0 Å². The molecule has 2 aromatic rings. The van der Waals surface area contributed by atoms with Gasteiger partial charge in [-0.1, -0.05) is 55.1 Å². The van der Waals surface area contributed by atoms with Crippen LogP contribution in [0.3, 0.4) is 0 Å². The van der Waals surface area contributed by atoms with Crippen LogP contribution < -0.4 is 0 Å². The number of rotatable bonds is 1. The van der Waals surface area contributed by atoms with Gasteiger partial charge in [-0.25, -0.2) is 4.79 Å². The first-order valence-corrected chi connectivity index (χ1v) is 5.90. The average Bonchev–Trinajstić information content (AvgIpc) is 2.85. The zero-order chi connectivity index (χ0) is 13.7. The van der Waals surface area contributed by atoms with E-state index < -0.39 is 5.97 Å². The molecule has 0 amide bonds. The van der Waals surface area contributed by atoms with Gasteiger partial charge in [0.2, 0.25) is 0 Å². The van der Waals surface area contributed by atoms with E-state index in [1.54, 1.807) is 0 Å². The van der Waals surface area contributed by atoms with Gasteiger partial charge in [0, 0.05) is 6.08 Å². The van der Waals surface area contributed by atoms with Crippen molar-refractivity contribution in [2.75, 3.05) is 0 Å². The fourth-order valence-electron chi connectivity index (χ4n) is 2.12. The van der Waals surface area contributed by atoms with Crippen molar-refractivity contribution in [1.82, 2.24) is 0 Å². The molecule has 0 unspecified atom stereocenters. The zero-order valence-corrected chi connectivity index (χ0v) is 10.4. The van der Waals surface area contributed by atoms with E-state index in [0.29, 0.717) is 0 Å². The Labute approximate surface area is 111 Å². The van der Waals surface area contributed by atoms with E-state index in [1.165, 1.54) is 22.3 Å². The fraction of sp³-hybridized carbons (Fsp3) is 0.0625. The van der Waals surface area contributed by atoms with Crippen LogP contribution in [0.5, 0.6) is 0 Å². The zero-order valence-electron chi connectivity index (χ0n) is 10.4. The third-order valence-corrected chi connectivity index (χ3v) is 2.96. The highest BCUT2D eigenvalue weighted by molar-refractivity contribution is 5.80. The van der Waals surface area contributed by atoms with Crippen molar-refractivity contribution < 1.29 is 14.9 Å². The molecule has 0 radical (unpaired) electrons. The molecule has 3 nitrogen and oxygen atoms in total. The van der Waals surface area contributed by atoms with E-state index in [0.717, 1.165) is 12.5 Å². The second-order valence-corrected chi connectivity index (χ2v) is 4.11. The molecule has 0 aromatic heterocycles. The summed E-state index contributed by atoms with van der Waals surface area (Å²) in [7, 11) is 0. The Hall–Kier alpha value is -2.39. The van der Waals surface area contributed by atoms with E-state index in [-0.39, 0.29) is 0 Å². The third-order valence-electron chi connectivity index (χ3n) is 2.96. The van der Waals surface area contributed by atoms with Gasteiger partial charge < -0.3 is 0 Å². The van der Waals surface area contributed by atoms with Gasteiger partial charge >= 0.3 is 5.97 Å². The number of benzene rings is 2. The molecular formula is C16H14O3. The van der Waals surface area contributed by atoms with Crippen LogP contribution in [0.4, 0.5) is 0 Å². The van der Waals surface area contributed by atoms with Crippen molar-refractivity contribution in [2.45, 2.75) is 6.42 Å². The van der Waals surface area contributed by atoms with Crippen LogP contribution in [0.25, 0.3) is 11.1 Å². The highest BCUT2D eigenvalue weighted by Gasteiger charge is 2.15. The molecule has 1 N–H and O–H groups in total. The Morgan fingerprint density at radius 3 is 1.89 bits per heavy atom. The van der Waals surface area contributed by atoms with Crippen LogP contribution in [0.15, 0.2) is 61.2 Å². The maximum atomic E-state index is 9.59. The van der Waals surface area contributed by atoms with Crippen LogP contribution in [0.1, 0.15) is 11.1 Å². The smallest absolute Gasteiger partial charge is 0.296 e. The summed E-state index contributed by atoms with van der Waals surface area (Å²) in [6, 6.07) is 17.3.